The summed E-state index contributed by atoms with van der Waals surface area (Å²) in [6.07, 6.45) is -0.740. The maximum absolute atomic E-state index is 13.5. The van der Waals surface area contributed by atoms with Gasteiger partial charge in [0.25, 0.3) is 5.69 Å². The van der Waals surface area contributed by atoms with Gasteiger partial charge in [0.1, 0.15) is 13.2 Å². The highest BCUT2D eigenvalue weighted by molar-refractivity contribution is 7.89. The number of amides is 2. The first-order valence-electron chi connectivity index (χ1n) is 12.2. The number of piperazine rings is 1. The molecule has 3 aromatic rings. The van der Waals surface area contributed by atoms with E-state index in [1.54, 1.807) is 36.1 Å². The van der Waals surface area contributed by atoms with Crippen LogP contribution in [0, 0.1) is 10.1 Å². The number of ether oxygens (including phenoxy) is 1. The number of nitro benzene ring substituents is 1. The standard InChI is InChI=1S/C27H28N4O7S/c1-20-17-29(39(36,37)24-14-12-23(13-15-24)31(34)35)18-25(22-10-6-3-7-11-22)30(20)26(32)16-28-27(33)38-19-21-8-4-2-5-9-21/h2-15,20,25H,16-19H2,1H3,(H,28,33)/t20-,25+/m0/s1. The second-order valence-corrected chi connectivity index (χ2v) is 11.0. The molecule has 2 atom stereocenters. The molecule has 1 aliphatic rings. The monoisotopic (exact) mass is 552 g/mol. The van der Waals surface area contributed by atoms with Crippen LogP contribution in [0.25, 0.3) is 0 Å². The van der Waals surface area contributed by atoms with Crippen LogP contribution in [0.2, 0.25) is 0 Å². The second kappa shape index (κ2) is 12.0. The van der Waals surface area contributed by atoms with Crippen molar-refractivity contribution in [2.24, 2.45) is 0 Å². The summed E-state index contributed by atoms with van der Waals surface area (Å²) in [7, 11) is -4.00. The van der Waals surface area contributed by atoms with Gasteiger partial charge in [-0.2, -0.15) is 4.31 Å². The van der Waals surface area contributed by atoms with Gasteiger partial charge in [-0.3, -0.25) is 14.9 Å². The smallest absolute Gasteiger partial charge is 0.407 e. The normalized spacial score (nSPS) is 17.8. The highest BCUT2D eigenvalue weighted by atomic mass is 32.2. The Morgan fingerprint density at radius 3 is 2.21 bits per heavy atom. The molecule has 0 aromatic heterocycles. The SMILES string of the molecule is C[C@H]1CN(S(=O)(=O)c2ccc([N+](=O)[O-])cc2)C[C@H](c2ccccc2)N1C(=O)CNC(=O)OCc1ccccc1. The topological polar surface area (TPSA) is 139 Å². The Morgan fingerprint density at radius 2 is 1.59 bits per heavy atom. The number of benzene rings is 3. The van der Waals surface area contributed by atoms with Gasteiger partial charge in [0.2, 0.25) is 15.9 Å². The number of nitro groups is 1. The number of carbonyl (C=O) groups is 2. The van der Waals surface area contributed by atoms with Crippen LogP contribution in [-0.2, 0) is 26.2 Å². The molecule has 2 amide bonds. The number of alkyl carbamates (subject to hydrolysis) is 1. The number of sulfonamides is 1. The number of nitrogens with zero attached hydrogens (tertiary/aromatic N) is 3. The highest BCUT2D eigenvalue weighted by Crippen LogP contribution is 2.32. The molecule has 0 aliphatic carbocycles. The number of rotatable bonds is 8. The van der Waals surface area contributed by atoms with Crippen molar-refractivity contribution in [3.05, 3.63) is 106 Å². The molecule has 1 heterocycles. The molecule has 1 N–H and O–H groups in total. The van der Waals surface area contributed by atoms with Gasteiger partial charge in [-0.25, -0.2) is 13.2 Å². The largest absolute Gasteiger partial charge is 0.445 e. The van der Waals surface area contributed by atoms with Crippen LogP contribution in [0.3, 0.4) is 0 Å². The summed E-state index contributed by atoms with van der Waals surface area (Å²) in [4.78, 5) is 37.4. The van der Waals surface area contributed by atoms with Gasteiger partial charge in [0.05, 0.1) is 15.9 Å². The Kier molecular flexibility index (Phi) is 8.57. The van der Waals surface area contributed by atoms with Crippen LogP contribution in [0.1, 0.15) is 24.1 Å². The maximum Gasteiger partial charge on any atom is 0.407 e. The summed E-state index contributed by atoms with van der Waals surface area (Å²) in [6, 6.07) is 21.7. The first-order chi connectivity index (χ1) is 18.7. The Bertz CT molecular complexity index is 1420. The number of non-ortho nitro benzene ring substituents is 1. The average molecular weight is 553 g/mol. The van der Waals surface area contributed by atoms with Crippen LogP contribution in [0.4, 0.5) is 10.5 Å². The fraction of sp³-hybridized carbons (Fsp3) is 0.259. The lowest BCUT2D eigenvalue weighted by atomic mass is 10.0. The minimum absolute atomic E-state index is 0.00679. The van der Waals surface area contributed by atoms with E-state index in [4.69, 9.17) is 4.74 Å². The molecule has 39 heavy (non-hydrogen) atoms. The third kappa shape index (κ3) is 6.59. The van der Waals surface area contributed by atoms with E-state index in [2.05, 4.69) is 5.32 Å². The number of hydrogen-bond donors (Lipinski definition) is 1. The molecule has 0 bridgehead atoms. The lowest BCUT2D eigenvalue weighted by Gasteiger charge is -2.45. The summed E-state index contributed by atoms with van der Waals surface area (Å²) in [6.45, 7) is 1.45. The summed E-state index contributed by atoms with van der Waals surface area (Å²) in [5, 5.41) is 13.5. The van der Waals surface area contributed by atoms with Gasteiger partial charge < -0.3 is 15.0 Å². The van der Waals surface area contributed by atoms with E-state index < -0.39 is 33.1 Å². The molecule has 3 aromatic carbocycles. The van der Waals surface area contributed by atoms with Crippen molar-refractivity contribution in [1.82, 2.24) is 14.5 Å². The molecule has 0 spiro atoms. The zero-order chi connectivity index (χ0) is 28.0. The Balaban J connectivity index is 1.49. The third-order valence-electron chi connectivity index (χ3n) is 6.41. The van der Waals surface area contributed by atoms with Crippen molar-refractivity contribution in [2.75, 3.05) is 19.6 Å². The van der Waals surface area contributed by atoms with Gasteiger partial charge >= 0.3 is 6.09 Å². The lowest BCUT2D eigenvalue weighted by molar-refractivity contribution is -0.384. The van der Waals surface area contributed by atoms with E-state index >= 15 is 0 Å². The van der Waals surface area contributed by atoms with E-state index in [9.17, 15) is 28.1 Å². The fourth-order valence-corrected chi connectivity index (χ4v) is 6.03. The highest BCUT2D eigenvalue weighted by Gasteiger charge is 2.41. The minimum atomic E-state index is -4.00. The van der Waals surface area contributed by atoms with E-state index in [1.165, 1.54) is 16.4 Å². The van der Waals surface area contributed by atoms with Crippen LogP contribution in [-0.4, -0.2) is 60.2 Å². The quantitative estimate of drug-likeness (QED) is 0.333. The van der Waals surface area contributed by atoms with Gasteiger partial charge in [-0.15, -0.1) is 0 Å². The maximum atomic E-state index is 13.5. The molecule has 0 saturated carbocycles. The molecular weight excluding hydrogens is 524 g/mol. The molecule has 1 fully saturated rings. The zero-order valence-electron chi connectivity index (χ0n) is 21.2. The lowest BCUT2D eigenvalue weighted by Crippen LogP contribution is -2.58. The second-order valence-electron chi connectivity index (χ2n) is 9.06. The van der Waals surface area contributed by atoms with Crippen molar-refractivity contribution >= 4 is 27.7 Å². The predicted octanol–water partition coefficient (Wildman–Crippen LogP) is 3.48. The van der Waals surface area contributed by atoms with Crippen molar-refractivity contribution < 1.29 is 27.7 Å². The van der Waals surface area contributed by atoms with Crippen LogP contribution in [0.5, 0.6) is 0 Å². The third-order valence-corrected chi connectivity index (χ3v) is 8.26. The Morgan fingerprint density at radius 1 is 0.974 bits per heavy atom. The molecule has 0 unspecified atom stereocenters. The summed E-state index contributed by atoms with van der Waals surface area (Å²) in [5.41, 5.74) is 1.32. The average Bonchev–Trinajstić information content (AvgIpc) is 2.95. The number of hydrogen-bond acceptors (Lipinski definition) is 7. The van der Waals surface area contributed by atoms with Gasteiger partial charge in [0.15, 0.2) is 0 Å². The number of carbonyl (C=O) groups excluding carboxylic acids is 2. The van der Waals surface area contributed by atoms with E-state index in [1.807, 2.05) is 36.4 Å². The van der Waals surface area contributed by atoms with E-state index in [0.29, 0.717) is 0 Å². The fourth-order valence-electron chi connectivity index (χ4n) is 4.50. The van der Waals surface area contributed by atoms with Crippen molar-refractivity contribution in [3.8, 4) is 0 Å². The molecule has 204 valence electrons. The minimum Gasteiger partial charge on any atom is -0.445 e. The predicted molar refractivity (Wildman–Crippen MR) is 142 cm³/mol. The zero-order valence-corrected chi connectivity index (χ0v) is 22.0. The molecule has 12 heteroatoms. The first kappa shape index (κ1) is 27.7. The molecule has 1 saturated heterocycles. The molecule has 4 rings (SSSR count). The van der Waals surface area contributed by atoms with Crippen molar-refractivity contribution in [3.63, 3.8) is 0 Å². The number of nitrogens with one attached hydrogen (secondary N) is 1. The first-order valence-corrected chi connectivity index (χ1v) is 13.7. The van der Waals surface area contributed by atoms with Crippen LogP contribution < -0.4 is 5.32 Å². The van der Waals surface area contributed by atoms with Gasteiger partial charge in [-0.05, 0) is 30.2 Å². The molecule has 11 nitrogen and oxygen atoms in total. The molecule has 1 aliphatic heterocycles. The summed E-state index contributed by atoms with van der Waals surface area (Å²) >= 11 is 0. The molecule has 0 radical (unpaired) electrons. The van der Waals surface area contributed by atoms with Crippen molar-refractivity contribution in [1.29, 1.82) is 0 Å². The summed E-state index contributed by atoms with van der Waals surface area (Å²) in [5.74, 6) is -0.389. The Hall–Kier alpha value is -4.29. The van der Waals surface area contributed by atoms with Gasteiger partial charge in [-0.1, -0.05) is 60.7 Å². The van der Waals surface area contributed by atoms with E-state index in [0.717, 1.165) is 23.3 Å². The van der Waals surface area contributed by atoms with Gasteiger partial charge in [0, 0.05) is 31.3 Å². The van der Waals surface area contributed by atoms with Crippen LogP contribution >= 0.6 is 0 Å². The molecular formula is C27H28N4O7S. The Labute approximate surface area is 226 Å². The van der Waals surface area contributed by atoms with E-state index in [-0.39, 0.29) is 42.7 Å². The van der Waals surface area contributed by atoms with Crippen LogP contribution in [0.15, 0.2) is 89.8 Å². The summed E-state index contributed by atoms with van der Waals surface area (Å²) < 4.78 is 33.4. The van der Waals surface area contributed by atoms with Crippen molar-refractivity contribution in [2.45, 2.75) is 30.5 Å².